The summed E-state index contributed by atoms with van der Waals surface area (Å²) in [5.41, 5.74) is -2.79. The maximum atomic E-state index is 14.4. The summed E-state index contributed by atoms with van der Waals surface area (Å²) in [4.78, 5) is 14.8. The van der Waals surface area contributed by atoms with Gasteiger partial charge in [-0.2, -0.15) is 13.2 Å². The van der Waals surface area contributed by atoms with Crippen LogP contribution in [0.5, 0.6) is 0 Å². The highest BCUT2D eigenvalue weighted by Crippen LogP contribution is 2.35. The van der Waals surface area contributed by atoms with Gasteiger partial charge in [0.2, 0.25) is 0 Å². The molecule has 0 amide bonds. The van der Waals surface area contributed by atoms with E-state index in [9.17, 15) is 22.4 Å². The van der Waals surface area contributed by atoms with Gasteiger partial charge in [0.05, 0.1) is 16.1 Å². The summed E-state index contributed by atoms with van der Waals surface area (Å²) in [5.74, 6) is -0.915. The van der Waals surface area contributed by atoms with Gasteiger partial charge < -0.3 is 14.0 Å². The molecule has 0 spiro atoms. The number of nitrogens with one attached hydrogen (secondary N) is 1. The molecule has 10 heteroatoms. The number of benzene rings is 1. The van der Waals surface area contributed by atoms with Crippen molar-refractivity contribution in [2.45, 2.75) is 6.18 Å². The van der Waals surface area contributed by atoms with Gasteiger partial charge in [0.25, 0.3) is 10.4 Å². The molecule has 1 N–H and O–H groups in total. The average Bonchev–Trinajstić information content (AvgIpc) is 2.84. The predicted octanol–water partition coefficient (Wildman–Crippen LogP) is 4.67. The summed E-state index contributed by atoms with van der Waals surface area (Å²) < 4.78 is 58.5. The van der Waals surface area contributed by atoms with Crippen LogP contribution in [0.25, 0.3) is 22.2 Å². The van der Waals surface area contributed by atoms with Gasteiger partial charge in [-0.15, -0.1) is 0 Å². The molecular weight excluding hydrogens is 372 g/mol. The Morgan fingerprint density at radius 1 is 1.33 bits per heavy atom. The number of aromatic amines is 1. The fraction of sp³-hybridized carbons (Fsp3) is 0.143. The highest BCUT2D eigenvalue weighted by molar-refractivity contribution is 7.71. The summed E-state index contributed by atoms with van der Waals surface area (Å²) in [6.45, 7) is 0. The third-order valence-corrected chi connectivity index (χ3v) is 3.95. The third kappa shape index (κ3) is 2.53. The molecule has 24 heavy (non-hydrogen) atoms. The molecule has 4 nitrogen and oxygen atoms in total. The smallest absolute Gasteiger partial charge is 0.429 e. The molecule has 0 aliphatic heterocycles. The molecule has 3 rings (SSSR count). The summed E-state index contributed by atoms with van der Waals surface area (Å²) in [6.07, 6.45) is -4.72. The lowest BCUT2D eigenvalue weighted by atomic mass is 10.0. The van der Waals surface area contributed by atoms with E-state index in [0.717, 1.165) is 19.2 Å². The second-order valence-electron chi connectivity index (χ2n) is 4.93. The van der Waals surface area contributed by atoms with Crippen molar-refractivity contribution in [3.05, 3.63) is 49.9 Å². The van der Waals surface area contributed by atoms with Gasteiger partial charge in [0.1, 0.15) is 17.0 Å². The van der Waals surface area contributed by atoms with Crippen molar-refractivity contribution in [2.24, 2.45) is 7.05 Å². The molecular formula is C14H7ClF4N2O2S. The molecule has 0 aliphatic carbocycles. The number of hydrogen-bond acceptors (Lipinski definition) is 3. The monoisotopic (exact) mass is 378 g/mol. The molecule has 0 bridgehead atoms. The lowest BCUT2D eigenvalue weighted by Crippen LogP contribution is -2.26. The fourth-order valence-electron chi connectivity index (χ4n) is 2.40. The Morgan fingerprint density at radius 3 is 2.62 bits per heavy atom. The fourth-order valence-corrected chi connectivity index (χ4v) is 2.81. The molecule has 0 radical (unpaired) electrons. The van der Waals surface area contributed by atoms with Crippen LogP contribution in [0.15, 0.2) is 27.4 Å². The van der Waals surface area contributed by atoms with Crippen molar-refractivity contribution >= 4 is 34.9 Å². The highest BCUT2D eigenvalue weighted by atomic mass is 35.5. The van der Waals surface area contributed by atoms with Crippen molar-refractivity contribution in [2.75, 3.05) is 0 Å². The Balaban J connectivity index is 2.40. The SMILES string of the molecule is Cn1c(C(F)(F)F)ccc(-c2c(F)cc(Cl)c3[nH]c(=S)oc23)c1=O. The number of nitrogens with zero attached hydrogens (tertiary/aromatic N) is 1. The summed E-state index contributed by atoms with van der Waals surface area (Å²) >= 11 is 10.7. The second-order valence-corrected chi connectivity index (χ2v) is 5.71. The molecule has 2 heterocycles. The van der Waals surface area contributed by atoms with Crippen LogP contribution in [0.3, 0.4) is 0 Å². The maximum Gasteiger partial charge on any atom is 0.431 e. The standard InChI is InChI=1S/C14H7ClF4N2O2S/c1-21-8(14(17,18)19)3-2-5(12(21)22)9-7(16)4-6(15)10-11(9)23-13(24)20-10/h2-4H,1H3,(H,20,24). The maximum absolute atomic E-state index is 14.4. The first-order valence-electron chi connectivity index (χ1n) is 6.39. The number of H-pyrrole nitrogens is 1. The van der Waals surface area contributed by atoms with Gasteiger partial charge in [0, 0.05) is 7.05 Å². The first-order valence-corrected chi connectivity index (χ1v) is 7.18. The number of aromatic nitrogens is 2. The molecule has 126 valence electrons. The van der Waals surface area contributed by atoms with Crippen molar-refractivity contribution in [3.63, 3.8) is 0 Å². The second kappa shape index (κ2) is 5.45. The molecule has 0 aliphatic rings. The normalized spacial score (nSPS) is 12.1. The summed E-state index contributed by atoms with van der Waals surface area (Å²) in [6, 6.07) is 2.51. The highest BCUT2D eigenvalue weighted by Gasteiger charge is 2.34. The Labute approximate surface area is 141 Å². The van der Waals surface area contributed by atoms with Gasteiger partial charge in [-0.25, -0.2) is 4.39 Å². The van der Waals surface area contributed by atoms with E-state index in [2.05, 4.69) is 4.98 Å². The number of pyridine rings is 1. The van der Waals surface area contributed by atoms with Crippen LogP contribution in [0.2, 0.25) is 5.02 Å². The van der Waals surface area contributed by atoms with Crippen LogP contribution in [0, 0.1) is 10.7 Å². The van der Waals surface area contributed by atoms with E-state index >= 15 is 0 Å². The number of alkyl halides is 3. The number of rotatable bonds is 1. The van der Waals surface area contributed by atoms with Crippen LogP contribution < -0.4 is 5.56 Å². The molecule has 2 aromatic heterocycles. The first-order chi connectivity index (χ1) is 11.1. The quantitative estimate of drug-likeness (QED) is 0.494. The Hall–Kier alpha value is -2.13. The first kappa shape index (κ1) is 16.7. The van der Waals surface area contributed by atoms with E-state index in [4.69, 9.17) is 28.2 Å². The zero-order chi connectivity index (χ0) is 17.8. The minimum atomic E-state index is -4.72. The number of halogens is 5. The van der Waals surface area contributed by atoms with Crippen molar-refractivity contribution < 1.29 is 22.0 Å². The third-order valence-electron chi connectivity index (χ3n) is 3.47. The van der Waals surface area contributed by atoms with Crippen molar-refractivity contribution in [1.82, 2.24) is 9.55 Å². The molecule has 1 aromatic carbocycles. The van der Waals surface area contributed by atoms with E-state index in [-0.39, 0.29) is 32.1 Å². The largest absolute Gasteiger partial charge is 0.431 e. The van der Waals surface area contributed by atoms with Crippen LogP contribution in [-0.2, 0) is 13.2 Å². The minimum Gasteiger partial charge on any atom is -0.429 e. The molecule has 3 aromatic rings. The van der Waals surface area contributed by atoms with Crippen LogP contribution in [0.1, 0.15) is 5.69 Å². The Kier molecular flexibility index (Phi) is 3.80. The van der Waals surface area contributed by atoms with Crippen molar-refractivity contribution in [3.8, 4) is 11.1 Å². The molecule has 0 atom stereocenters. The van der Waals surface area contributed by atoms with Gasteiger partial charge in [0.15, 0.2) is 5.58 Å². The Bertz CT molecular complexity index is 1080. The lowest BCUT2D eigenvalue weighted by molar-refractivity contribution is -0.143. The summed E-state index contributed by atoms with van der Waals surface area (Å²) in [5, 5.41) is -0.0326. The molecule has 0 saturated heterocycles. The van der Waals surface area contributed by atoms with E-state index < -0.39 is 23.2 Å². The van der Waals surface area contributed by atoms with E-state index in [0.29, 0.717) is 10.6 Å². The number of hydrogen-bond donors (Lipinski definition) is 1. The van der Waals surface area contributed by atoms with Gasteiger partial charge >= 0.3 is 6.18 Å². The lowest BCUT2D eigenvalue weighted by Gasteiger charge is -2.13. The van der Waals surface area contributed by atoms with E-state index in [1.54, 1.807) is 0 Å². The van der Waals surface area contributed by atoms with Gasteiger partial charge in [-0.3, -0.25) is 4.79 Å². The minimum absolute atomic E-state index is 0.0326. The molecule has 0 unspecified atom stereocenters. The van der Waals surface area contributed by atoms with Crippen LogP contribution in [-0.4, -0.2) is 9.55 Å². The van der Waals surface area contributed by atoms with Gasteiger partial charge in [-0.1, -0.05) is 11.6 Å². The van der Waals surface area contributed by atoms with E-state index in [1.165, 1.54) is 0 Å². The molecule has 0 saturated carbocycles. The van der Waals surface area contributed by atoms with Crippen molar-refractivity contribution in [1.29, 1.82) is 0 Å². The zero-order valence-corrected chi connectivity index (χ0v) is 13.4. The van der Waals surface area contributed by atoms with E-state index in [1.807, 2.05) is 0 Å². The predicted molar refractivity (Wildman–Crippen MR) is 82.0 cm³/mol. The van der Waals surface area contributed by atoms with Crippen LogP contribution in [0.4, 0.5) is 17.6 Å². The number of fused-ring (bicyclic) bond motifs is 1. The average molecular weight is 379 g/mol. The topological polar surface area (TPSA) is 50.9 Å². The number of oxazole rings is 1. The Morgan fingerprint density at radius 2 is 2.00 bits per heavy atom. The van der Waals surface area contributed by atoms with Gasteiger partial charge in [-0.05, 0) is 30.4 Å². The molecule has 0 fully saturated rings. The summed E-state index contributed by atoms with van der Waals surface area (Å²) in [7, 11) is 0.951. The zero-order valence-electron chi connectivity index (χ0n) is 11.8. The van der Waals surface area contributed by atoms with Crippen LogP contribution >= 0.6 is 23.8 Å².